The van der Waals surface area contributed by atoms with Gasteiger partial charge in [0.25, 0.3) is 11.8 Å². The molecule has 1 fully saturated rings. The Morgan fingerprint density at radius 1 is 1.39 bits per heavy atom. The van der Waals surface area contributed by atoms with E-state index in [4.69, 9.17) is 34.4 Å². The van der Waals surface area contributed by atoms with Crippen molar-refractivity contribution in [1.82, 2.24) is 20.2 Å². The zero-order valence-corrected chi connectivity index (χ0v) is 22.2. The highest BCUT2D eigenvalue weighted by atomic mass is 32.2. The van der Waals surface area contributed by atoms with E-state index in [2.05, 4.69) is 20.4 Å². The normalized spacial score (nSPS) is 22.4. The zero-order chi connectivity index (χ0) is 27.4. The fourth-order valence-corrected chi connectivity index (χ4v) is 7.18. The minimum atomic E-state index is -1.70. The molecule has 1 unspecified atom stereocenters. The van der Waals surface area contributed by atoms with Crippen molar-refractivity contribution in [3.8, 4) is 0 Å². The van der Waals surface area contributed by atoms with Crippen LogP contribution in [0.25, 0.3) is 5.57 Å². The van der Waals surface area contributed by atoms with Gasteiger partial charge in [0.05, 0.1) is 11.7 Å². The van der Waals surface area contributed by atoms with E-state index in [-0.39, 0.29) is 39.5 Å². The molecule has 2 aliphatic heterocycles. The first kappa shape index (κ1) is 25.8. The molecule has 2 aromatic rings. The van der Waals surface area contributed by atoms with Gasteiger partial charge in [-0.05, 0) is 12.8 Å². The molecule has 0 radical (unpaired) electrons. The van der Waals surface area contributed by atoms with E-state index >= 15 is 0 Å². The number of thioether (sulfide) groups is 1. The first-order valence-electron chi connectivity index (χ1n) is 11.1. The summed E-state index contributed by atoms with van der Waals surface area (Å²) in [5.74, 6) is 3.05. The minimum absolute atomic E-state index is 0.0149. The van der Waals surface area contributed by atoms with Crippen molar-refractivity contribution in [3.63, 3.8) is 0 Å². The lowest BCUT2D eigenvalue weighted by Gasteiger charge is -2.56. The smallest absolute Gasteiger partial charge is 0.411 e. The molecule has 2 atom stereocenters. The van der Waals surface area contributed by atoms with Gasteiger partial charge in [-0.3, -0.25) is 26.1 Å². The number of oxime groups is 1. The number of amides is 2. The largest absolute Gasteiger partial charge is 0.543 e. The summed E-state index contributed by atoms with van der Waals surface area (Å²) in [5, 5.41) is 20.7. The van der Waals surface area contributed by atoms with Crippen LogP contribution in [0, 0.1) is 0 Å². The number of thiazole rings is 1. The van der Waals surface area contributed by atoms with Gasteiger partial charge in [0.2, 0.25) is 0 Å². The fraction of sp³-hybridized carbons (Fsp3) is 0.333. The van der Waals surface area contributed by atoms with Crippen LogP contribution in [0.4, 0.5) is 11.1 Å². The first-order chi connectivity index (χ1) is 18.1. The molecule has 2 aromatic heterocycles. The highest BCUT2D eigenvalue weighted by Gasteiger charge is 2.64. The van der Waals surface area contributed by atoms with Crippen molar-refractivity contribution in [3.05, 3.63) is 33.7 Å². The number of fused-ring (bicyclic) bond motifs is 2. The Morgan fingerprint density at radius 3 is 2.79 bits per heavy atom. The van der Waals surface area contributed by atoms with Gasteiger partial charge in [0.1, 0.15) is 23.9 Å². The summed E-state index contributed by atoms with van der Waals surface area (Å²) in [6.45, 7) is 0. The number of anilines is 2. The Morgan fingerprint density at radius 2 is 2.16 bits per heavy atom. The van der Waals surface area contributed by atoms with Crippen molar-refractivity contribution in [2.24, 2.45) is 5.16 Å². The molecular weight excluding hydrogens is 554 g/mol. The lowest BCUT2D eigenvalue weighted by atomic mass is 9.87. The minimum Gasteiger partial charge on any atom is -0.543 e. The van der Waals surface area contributed by atoms with Crippen LogP contribution in [0.1, 0.15) is 29.1 Å². The summed E-state index contributed by atoms with van der Waals surface area (Å²) in [6, 6.07) is 0. The van der Waals surface area contributed by atoms with Crippen LogP contribution in [0.2, 0.25) is 0 Å². The van der Waals surface area contributed by atoms with E-state index in [1.807, 2.05) is 0 Å². The zero-order valence-electron chi connectivity index (χ0n) is 19.8. The van der Waals surface area contributed by atoms with Crippen molar-refractivity contribution >= 4 is 80.8 Å². The molecule has 0 spiro atoms. The molecule has 7 N–H and O–H groups in total. The summed E-state index contributed by atoms with van der Waals surface area (Å²) in [5.41, 5.74) is 11.7. The lowest BCUT2D eigenvalue weighted by Crippen LogP contribution is -2.81. The number of thiocarbonyl (C=S) groups is 1. The number of hydrogen-bond acceptors (Lipinski definition) is 14. The number of nitrogen functional groups attached to an aromatic ring is 3. The van der Waals surface area contributed by atoms with Crippen LogP contribution in [0.5, 0.6) is 0 Å². The third kappa shape index (κ3) is 3.76. The van der Waals surface area contributed by atoms with E-state index in [0.717, 1.165) is 39.3 Å². The number of carboxylic acids is 1. The second-order valence-corrected chi connectivity index (χ2v) is 10.7. The summed E-state index contributed by atoms with van der Waals surface area (Å²) >= 11 is 7.47. The number of aliphatic carboxylic acids is 1. The van der Waals surface area contributed by atoms with Gasteiger partial charge >= 0.3 is 5.95 Å². The van der Waals surface area contributed by atoms with Crippen molar-refractivity contribution < 1.29 is 29.0 Å². The molecule has 0 bridgehead atoms. The van der Waals surface area contributed by atoms with E-state index in [1.165, 1.54) is 28.9 Å². The second-order valence-electron chi connectivity index (χ2n) is 8.55. The highest BCUT2D eigenvalue weighted by Crippen LogP contribution is 2.48. The first-order valence-corrected chi connectivity index (χ1v) is 13.5. The number of nitrogens with one attached hydrogen (secondary N) is 1. The molecule has 1 saturated heterocycles. The van der Waals surface area contributed by atoms with Gasteiger partial charge in [-0.2, -0.15) is 0 Å². The number of nitrogens with two attached hydrogens (primary N) is 3. The van der Waals surface area contributed by atoms with Gasteiger partial charge in [0.15, 0.2) is 22.1 Å². The van der Waals surface area contributed by atoms with Crippen LogP contribution in [-0.2, 0) is 32.1 Å². The van der Waals surface area contributed by atoms with Crippen LogP contribution in [-0.4, -0.2) is 67.5 Å². The summed E-state index contributed by atoms with van der Waals surface area (Å²) in [6.07, 6.45) is 2.09. The Kier molecular flexibility index (Phi) is 6.44. The maximum absolute atomic E-state index is 13.6. The van der Waals surface area contributed by atoms with Crippen molar-refractivity contribution in [1.29, 1.82) is 0 Å². The number of carbonyl (C=O) groups is 3. The van der Waals surface area contributed by atoms with Crippen LogP contribution in [0.15, 0.2) is 16.2 Å². The molecule has 2 amide bonds. The molecule has 14 nitrogen and oxygen atoms in total. The average Bonchev–Trinajstić information content (AvgIpc) is 3.56. The van der Waals surface area contributed by atoms with E-state index in [0.29, 0.717) is 18.5 Å². The van der Waals surface area contributed by atoms with Gasteiger partial charge in [-0.1, -0.05) is 22.4 Å². The monoisotopic (exact) mass is 575 g/mol. The quantitative estimate of drug-likeness (QED) is 0.0671. The third-order valence-electron chi connectivity index (χ3n) is 6.50. The summed E-state index contributed by atoms with van der Waals surface area (Å²) in [4.78, 5) is 53.4. The molecule has 38 heavy (non-hydrogen) atoms. The summed E-state index contributed by atoms with van der Waals surface area (Å²) < 4.78 is 1.29. The molecule has 17 heteroatoms. The number of nitrogens with zero attached hydrogens (tertiary/aromatic N) is 5. The molecule has 198 valence electrons. The highest BCUT2D eigenvalue weighted by molar-refractivity contribution is 8.00. The number of β-lactam (4-membered cyclic amide) rings is 1. The third-order valence-corrected chi connectivity index (χ3v) is 8.89. The van der Waals surface area contributed by atoms with Gasteiger partial charge in [0, 0.05) is 34.1 Å². The number of rotatable bonds is 7. The van der Waals surface area contributed by atoms with Gasteiger partial charge in [-0.25, -0.2) is 4.98 Å². The number of hydrogen-bond donors (Lipinski definition) is 4. The topological polar surface area (TPSA) is 219 Å². The van der Waals surface area contributed by atoms with Gasteiger partial charge in [-0.15, -0.1) is 27.8 Å². The maximum Gasteiger partial charge on any atom is 0.411 e. The Labute approximate surface area is 228 Å². The Bertz CT molecular complexity index is 1470. The molecule has 5 rings (SSSR count). The van der Waals surface area contributed by atoms with E-state index in [1.54, 1.807) is 0 Å². The van der Waals surface area contributed by atoms with Crippen LogP contribution < -0.4 is 32.4 Å². The average molecular weight is 576 g/mol. The van der Waals surface area contributed by atoms with E-state index < -0.39 is 28.7 Å². The van der Waals surface area contributed by atoms with Crippen molar-refractivity contribution in [2.45, 2.75) is 30.2 Å². The van der Waals surface area contributed by atoms with Gasteiger partial charge < -0.3 is 25.8 Å². The Balaban J connectivity index is 1.52. The Hall–Kier alpha value is -3.83. The fourth-order valence-electron chi connectivity index (χ4n) is 4.82. The second kappa shape index (κ2) is 9.48. The molecule has 1 aliphatic carbocycles. The number of aromatic nitrogens is 3. The molecule has 4 heterocycles. The molecule has 0 saturated carbocycles. The number of carboxylic acid groups (broad SMARTS) is 1. The van der Waals surface area contributed by atoms with E-state index in [9.17, 15) is 19.5 Å². The maximum atomic E-state index is 13.6. The molecule has 0 aromatic carbocycles. The lowest BCUT2D eigenvalue weighted by molar-refractivity contribution is -0.634. The molecular formula is C21H21N9O5S3. The van der Waals surface area contributed by atoms with Crippen molar-refractivity contribution in [2.75, 3.05) is 30.2 Å². The van der Waals surface area contributed by atoms with Crippen LogP contribution >= 0.6 is 35.3 Å². The standard InChI is InChI=1S/C21H21N9O5S3/c1-35-28-13(10-6-38-20(23)25-10)15(31)27-21(7-36)17(34)29-14(16(32)33)9(5-37-18(21)29)12-8-3-2-4-11(8)30(24)19(22)26-12/h6-7,18,22H,2-5,24H2,1H3,(H4,23,25,27,31,32,33)/b28-13-/t18-,21?/m0/s1. The van der Waals surface area contributed by atoms with Crippen LogP contribution in [0.3, 0.4) is 0 Å². The SMILES string of the molecule is CO/N=C(\C(=O)NC1(C=S)C(=O)N2C(C(=O)[O-])=C(c3nc(N)[n+](N)c4c3CCC4)CS[C@H]21)c1csc(N)n1. The predicted molar refractivity (Wildman–Crippen MR) is 141 cm³/mol. The predicted octanol–water partition coefficient (Wildman–Crippen LogP) is -2.53. The summed E-state index contributed by atoms with van der Waals surface area (Å²) in [7, 11) is 1.25. The number of carbonyl (C=O) groups excluding carboxylic acids is 3. The molecule has 3 aliphatic rings.